The highest BCUT2D eigenvalue weighted by Gasteiger charge is 2.22. The summed E-state index contributed by atoms with van der Waals surface area (Å²) in [5.41, 5.74) is 1.93. The second-order valence-corrected chi connectivity index (χ2v) is 10.3. The van der Waals surface area contributed by atoms with Gasteiger partial charge in [0.2, 0.25) is 0 Å². The maximum Gasteiger partial charge on any atom is 0.274 e. The molecule has 0 saturated carbocycles. The molecule has 1 amide bonds. The Morgan fingerprint density at radius 3 is 2.24 bits per heavy atom. The third-order valence-electron chi connectivity index (χ3n) is 5.71. The van der Waals surface area contributed by atoms with Gasteiger partial charge in [-0.25, -0.2) is 4.39 Å². The predicted molar refractivity (Wildman–Crippen MR) is 153 cm³/mol. The number of carbonyl (C=O) groups is 2. The number of anilines is 1. The highest BCUT2D eigenvalue weighted by atomic mass is 35.5. The second-order valence-electron chi connectivity index (χ2n) is 9.43. The summed E-state index contributed by atoms with van der Waals surface area (Å²) in [6.07, 6.45) is 0. The number of hydrazone groups is 1. The summed E-state index contributed by atoms with van der Waals surface area (Å²) in [6.45, 7) is 11.4. The van der Waals surface area contributed by atoms with Gasteiger partial charge in [0.15, 0.2) is 5.78 Å². The Labute approximate surface area is 228 Å². The summed E-state index contributed by atoms with van der Waals surface area (Å²) in [7, 11) is 1.70. The van der Waals surface area contributed by atoms with Crippen molar-refractivity contribution in [2.75, 3.05) is 18.9 Å². The predicted octanol–water partition coefficient (Wildman–Crippen LogP) is 7.39. The molecule has 37 heavy (non-hydrogen) atoms. The van der Waals surface area contributed by atoms with Crippen molar-refractivity contribution in [1.82, 2.24) is 5.01 Å². The Hall–Kier alpha value is -3.03. The number of amides is 1. The maximum absolute atomic E-state index is 14.2. The molecule has 2 aromatic rings. The minimum atomic E-state index is -1.56. The Kier molecular flexibility index (Phi) is 10.2. The number of aryl methyl sites for hydroxylation is 1. The van der Waals surface area contributed by atoms with Crippen molar-refractivity contribution in [3.05, 3.63) is 68.8 Å². The molecule has 0 aliphatic rings. The second kappa shape index (κ2) is 12.5. The molecular formula is C28H33Cl2FN4O2. The molecule has 0 aliphatic carbocycles. The van der Waals surface area contributed by atoms with Gasteiger partial charge in [-0.05, 0) is 83.4 Å². The molecule has 0 bridgehead atoms. The van der Waals surface area contributed by atoms with Crippen LogP contribution in [0.15, 0.2) is 52.2 Å². The van der Waals surface area contributed by atoms with Gasteiger partial charge in [-0.1, -0.05) is 41.4 Å². The number of halogens is 3. The molecule has 0 spiro atoms. The molecule has 9 heteroatoms. The third-order valence-corrected chi connectivity index (χ3v) is 6.26. The molecule has 0 saturated heterocycles. The van der Waals surface area contributed by atoms with Gasteiger partial charge < -0.3 is 5.32 Å². The van der Waals surface area contributed by atoms with Crippen LogP contribution < -0.4 is 5.32 Å². The van der Waals surface area contributed by atoms with Crippen molar-refractivity contribution < 1.29 is 14.0 Å². The summed E-state index contributed by atoms with van der Waals surface area (Å²) in [4.78, 5) is 30.5. The molecular weight excluding hydrogens is 514 g/mol. The molecule has 0 radical (unpaired) electrons. The molecule has 6 nitrogen and oxygen atoms in total. The molecule has 2 aromatic carbocycles. The Morgan fingerprint density at radius 1 is 1.05 bits per heavy atom. The lowest BCUT2D eigenvalue weighted by Crippen LogP contribution is -2.28. The molecule has 2 rings (SSSR count). The number of benzene rings is 2. The van der Waals surface area contributed by atoms with E-state index in [2.05, 4.69) is 15.4 Å². The van der Waals surface area contributed by atoms with Crippen LogP contribution in [-0.2, 0) is 4.79 Å². The average Bonchev–Trinajstić information content (AvgIpc) is 2.77. The monoisotopic (exact) mass is 546 g/mol. The number of hydrogen-bond acceptors (Lipinski definition) is 5. The number of rotatable bonds is 9. The van der Waals surface area contributed by atoms with Crippen molar-refractivity contribution in [2.45, 2.75) is 54.1 Å². The van der Waals surface area contributed by atoms with Crippen LogP contribution in [0, 0.1) is 6.92 Å². The largest absolute Gasteiger partial charge is 0.320 e. The van der Waals surface area contributed by atoms with Gasteiger partial charge in [-0.3, -0.25) is 19.6 Å². The SMILES string of the molecule is CC(=O)c1cc(Cl)cc(C)c1NC(=O)/C(N=C(C)CN(C)/N=C(\C)C(C)(C)F)=C(/C)c1ccccc1Cl. The van der Waals surface area contributed by atoms with Gasteiger partial charge in [-0.15, -0.1) is 0 Å². The minimum Gasteiger partial charge on any atom is -0.320 e. The first-order valence-electron chi connectivity index (χ1n) is 11.7. The van der Waals surface area contributed by atoms with E-state index in [0.29, 0.717) is 49.4 Å². The molecule has 0 fully saturated rings. The zero-order valence-corrected chi connectivity index (χ0v) is 24.0. The number of nitrogens with one attached hydrogen (secondary N) is 1. The molecule has 0 aliphatic heterocycles. The van der Waals surface area contributed by atoms with Gasteiger partial charge >= 0.3 is 0 Å². The van der Waals surface area contributed by atoms with Crippen molar-refractivity contribution in [3.8, 4) is 0 Å². The van der Waals surface area contributed by atoms with E-state index in [1.165, 1.54) is 26.8 Å². The first-order chi connectivity index (χ1) is 17.1. The van der Waals surface area contributed by atoms with Gasteiger partial charge in [-0.2, -0.15) is 5.10 Å². The van der Waals surface area contributed by atoms with Crippen molar-refractivity contribution >= 4 is 57.6 Å². The van der Waals surface area contributed by atoms with Crippen LogP contribution in [0.2, 0.25) is 10.0 Å². The lowest BCUT2D eigenvalue weighted by atomic mass is 10.0. The smallest absolute Gasteiger partial charge is 0.274 e. The minimum absolute atomic E-state index is 0.120. The summed E-state index contributed by atoms with van der Waals surface area (Å²) < 4.78 is 14.2. The van der Waals surface area contributed by atoms with Crippen LogP contribution in [0.4, 0.5) is 10.1 Å². The summed E-state index contributed by atoms with van der Waals surface area (Å²) in [5, 5.41) is 9.56. The van der Waals surface area contributed by atoms with Crippen LogP contribution in [0.5, 0.6) is 0 Å². The van der Waals surface area contributed by atoms with Gasteiger partial charge in [0, 0.05) is 28.4 Å². The Balaban J connectivity index is 2.57. The number of allylic oxidation sites excluding steroid dienone is 1. The van der Waals surface area contributed by atoms with Crippen molar-refractivity contribution in [2.24, 2.45) is 10.1 Å². The fourth-order valence-corrected chi connectivity index (χ4v) is 4.08. The lowest BCUT2D eigenvalue weighted by Gasteiger charge is -2.20. The zero-order chi connectivity index (χ0) is 28.1. The lowest BCUT2D eigenvalue weighted by molar-refractivity contribution is -0.112. The fourth-order valence-electron chi connectivity index (χ4n) is 3.52. The van der Waals surface area contributed by atoms with Crippen LogP contribution in [0.25, 0.3) is 5.57 Å². The normalized spacial score (nSPS) is 13.3. The van der Waals surface area contributed by atoms with E-state index in [1.54, 1.807) is 64.0 Å². The molecule has 1 N–H and O–H groups in total. The topological polar surface area (TPSA) is 74.1 Å². The Morgan fingerprint density at radius 2 is 1.68 bits per heavy atom. The van der Waals surface area contributed by atoms with Crippen LogP contribution in [0.3, 0.4) is 0 Å². The molecule has 0 atom stereocenters. The van der Waals surface area contributed by atoms with E-state index < -0.39 is 11.6 Å². The van der Waals surface area contributed by atoms with Crippen LogP contribution in [-0.4, -0.2) is 47.4 Å². The summed E-state index contributed by atoms with van der Waals surface area (Å²) in [6, 6.07) is 10.3. The van der Waals surface area contributed by atoms with E-state index in [1.807, 2.05) is 6.07 Å². The molecule has 198 valence electrons. The molecule has 0 aromatic heterocycles. The van der Waals surface area contributed by atoms with Crippen molar-refractivity contribution in [1.29, 1.82) is 0 Å². The van der Waals surface area contributed by atoms with Crippen molar-refractivity contribution in [3.63, 3.8) is 0 Å². The van der Waals surface area contributed by atoms with Gasteiger partial charge in [0.1, 0.15) is 11.4 Å². The van der Waals surface area contributed by atoms with Crippen LogP contribution in [0.1, 0.15) is 63.0 Å². The number of nitrogens with zero attached hydrogens (tertiary/aromatic N) is 3. The number of alkyl halides is 1. The fraction of sp³-hybridized carbons (Fsp3) is 0.357. The van der Waals surface area contributed by atoms with E-state index in [9.17, 15) is 14.0 Å². The standard InChI is InChI=1S/C28H33Cl2FN4O2/c1-16-13-21(29)14-23(19(4)36)25(16)33-27(37)26(18(3)22-11-9-10-12-24(22)30)32-17(2)15-35(8)34-20(5)28(6,7)31/h9-14H,15H2,1-8H3,(H,33,37)/b26-18+,32-17?,34-20+. The number of aliphatic imine (C=N–C) groups is 1. The Bertz CT molecular complexity index is 1290. The third kappa shape index (κ3) is 8.23. The highest BCUT2D eigenvalue weighted by Crippen LogP contribution is 2.30. The summed E-state index contributed by atoms with van der Waals surface area (Å²) >= 11 is 12.6. The quantitative estimate of drug-likeness (QED) is 0.154. The number of ketones is 1. The number of hydrogen-bond donors (Lipinski definition) is 1. The average molecular weight is 548 g/mol. The van der Waals surface area contributed by atoms with Gasteiger partial charge in [0.05, 0.1) is 17.9 Å². The molecule has 0 heterocycles. The number of Topliss-reactive ketones (excluding diaryl/α,β-unsaturated/α-hetero) is 1. The van der Waals surface area contributed by atoms with Gasteiger partial charge in [0.25, 0.3) is 5.91 Å². The highest BCUT2D eigenvalue weighted by molar-refractivity contribution is 6.33. The number of carbonyl (C=O) groups excluding carboxylic acids is 2. The summed E-state index contributed by atoms with van der Waals surface area (Å²) in [5.74, 6) is -0.753. The zero-order valence-electron chi connectivity index (χ0n) is 22.5. The first kappa shape index (κ1) is 30.2. The van der Waals surface area contributed by atoms with E-state index in [4.69, 9.17) is 23.2 Å². The van der Waals surface area contributed by atoms with E-state index >= 15 is 0 Å². The van der Waals surface area contributed by atoms with Crippen LogP contribution >= 0.6 is 23.2 Å². The van der Waals surface area contributed by atoms with E-state index in [0.717, 1.165) is 0 Å². The van der Waals surface area contributed by atoms with E-state index in [-0.39, 0.29) is 18.0 Å². The molecule has 0 unspecified atom stereocenters. The first-order valence-corrected chi connectivity index (χ1v) is 12.5. The maximum atomic E-state index is 14.2.